The normalized spacial score (nSPS) is 14.7. The number of hydrogen-bond acceptors (Lipinski definition) is 4. The molecule has 0 saturated heterocycles. The van der Waals surface area contributed by atoms with E-state index in [4.69, 9.17) is 10.5 Å². The highest BCUT2D eigenvalue weighted by atomic mass is 16.5. The number of nitrogens with two attached hydrogens (primary N) is 1. The summed E-state index contributed by atoms with van der Waals surface area (Å²) < 4.78 is 4.97. The lowest BCUT2D eigenvalue weighted by molar-refractivity contribution is -0.125. The molecule has 5 heteroatoms. The Labute approximate surface area is 105 Å². The number of amides is 1. The molecule has 0 radical (unpaired) electrons. The van der Waals surface area contributed by atoms with Crippen LogP contribution < -0.4 is 11.1 Å². The lowest BCUT2D eigenvalue weighted by Gasteiger charge is -2.26. The Balaban J connectivity index is 3.93. The fourth-order valence-corrected chi connectivity index (χ4v) is 1.53. The minimum atomic E-state index is -0.158. The maximum Gasteiger partial charge on any atom is 0.237 e. The van der Waals surface area contributed by atoms with Crippen molar-refractivity contribution in [2.45, 2.75) is 38.8 Å². The van der Waals surface area contributed by atoms with Gasteiger partial charge in [0.15, 0.2) is 0 Å². The Morgan fingerprint density at radius 3 is 2.71 bits per heavy atom. The van der Waals surface area contributed by atoms with Gasteiger partial charge in [0.1, 0.15) is 0 Å². The molecule has 1 amide bonds. The minimum absolute atomic E-state index is 0.0594. The molecule has 0 aliphatic heterocycles. The highest BCUT2D eigenvalue weighted by Gasteiger charge is 2.19. The molecule has 0 heterocycles. The van der Waals surface area contributed by atoms with Crippen LogP contribution in [0.4, 0.5) is 0 Å². The molecule has 0 aromatic carbocycles. The van der Waals surface area contributed by atoms with Crippen molar-refractivity contribution < 1.29 is 9.53 Å². The van der Waals surface area contributed by atoms with Crippen molar-refractivity contribution >= 4 is 5.91 Å². The fourth-order valence-electron chi connectivity index (χ4n) is 1.53. The number of methoxy groups -OCH3 is 1. The van der Waals surface area contributed by atoms with Crippen molar-refractivity contribution in [3.05, 3.63) is 0 Å². The first-order valence-corrected chi connectivity index (χ1v) is 6.25. The molecule has 0 aromatic rings. The lowest BCUT2D eigenvalue weighted by atomic mass is 10.2. The van der Waals surface area contributed by atoms with E-state index in [1.165, 1.54) is 0 Å². The van der Waals surface area contributed by atoms with Gasteiger partial charge in [-0.3, -0.25) is 9.69 Å². The smallest absolute Gasteiger partial charge is 0.237 e. The van der Waals surface area contributed by atoms with Gasteiger partial charge in [-0.25, -0.2) is 0 Å². The van der Waals surface area contributed by atoms with Gasteiger partial charge in [-0.2, -0.15) is 0 Å². The zero-order chi connectivity index (χ0) is 13.3. The predicted octanol–water partition coefficient (Wildman–Crippen LogP) is 0.197. The van der Waals surface area contributed by atoms with E-state index in [9.17, 15) is 4.79 Å². The first-order chi connectivity index (χ1) is 8.02. The van der Waals surface area contributed by atoms with E-state index in [0.29, 0.717) is 13.2 Å². The number of rotatable bonds is 9. The fraction of sp³-hybridized carbons (Fsp3) is 0.917. The molecule has 17 heavy (non-hydrogen) atoms. The second kappa shape index (κ2) is 9.39. The third-order valence-corrected chi connectivity index (χ3v) is 2.77. The molecule has 0 fully saturated rings. The molecule has 5 nitrogen and oxygen atoms in total. The van der Waals surface area contributed by atoms with Crippen molar-refractivity contribution in [1.29, 1.82) is 0 Å². The van der Waals surface area contributed by atoms with Crippen molar-refractivity contribution in [3.63, 3.8) is 0 Å². The predicted molar refractivity (Wildman–Crippen MR) is 69.9 cm³/mol. The first kappa shape index (κ1) is 16.4. The molecule has 0 aliphatic rings. The van der Waals surface area contributed by atoms with E-state index in [1.54, 1.807) is 7.11 Å². The summed E-state index contributed by atoms with van der Waals surface area (Å²) >= 11 is 0. The third kappa shape index (κ3) is 7.31. The molecule has 2 unspecified atom stereocenters. The average molecular weight is 245 g/mol. The molecular formula is C12H27N3O2. The molecule has 0 aliphatic carbocycles. The summed E-state index contributed by atoms with van der Waals surface area (Å²) in [5, 5.41) is 2.92. The van der Waals surface area contributed by atoms with Crippen LogP contribution in [0.2, 0.25) is 0 Å². The van der Waals surface area contributed by atoms with Crippen LogP contribution in [0.5, 0.6) is 0 Å². The van der Waals surface area contributed by atoms with Gasteiger partial charge in [0, 0.05) is 26.2 Å². The van der Waals surface area contributed by atoms with Gasteiger partial charge in [-0.1, -0.05) is 13.3 Å². The zero-order valence-electron chi connectivity index (χ0n) is 11.5. The number of likely N-dealkylation sites (N-methyl/N-ethyl adjacent to an activating group) is 1. The Kier molecular flexibility index (Phi) is 9.03. The van der Waals surface area contributed by atoms with Crippen molar-refractivity contribution in [2.75, 3.05) is 33.9 Å². The van der Waals surface area contributed by atoms with E-state index < -0.39 is 0 Å². The third-order valence-electron chi connectivity index (χ3n) is 2.77. The first-order valence-electron chi connectivity index (χ1n) is 6.25. The van der Waals surface area contributed by atoms with Crippen LogP contribution in [0.3, 0.4) is 0 Å². The van der Waals surface area contributed by atoms with E-state index in [1.807, 2.05) is 18.9 Å². The summed E-state index contributed by atoms with van der Waals surface area (Å²) in [5.74, 6) is 0.0607. The zero-order valence-corrected chi connectivity index (χ0v) is 11.5. The summed E-state index contributed by atoms with van der Waals surface area (Å²) in [6.45, 7) is 5.90. The van der Waals surface area contributed by atoms with Gasteiger partial charge in [-0.15, -0.1) is 0 Å². The number of carbonyl (C=O) groups is 1. The molecule has 0 spiro atoms. The Morgan fingerprint density at radius 2 is 2.18 bits per heavy atom. The highest BCUT2D eigenvalue weighted by molar-refractivity contribution is 5.81. The van der Waals surface area contributed by atoms with E-state index in [2.05, 4.69) is 12.2 Å². The van der Waals surface area contributed by atoms with Gasteiger partial charge < -0.3 is 15.8 Å². The van der Waals surface area contributed by atoms with Crippen LogP contribution in [0.1, 0.15) is 26.7 Å². The van der Waals surface area contributed by atoms with Crippen LogP contribution in [0.15, 0.2) is 0 Å². The summed E-state index contributed by atoms with van der Waals surface area (Å²) in [6, 6.07) is -0.217. The summed E-state index contributed by atoms with van der Waals surface area (Å²) in [6.07, 6.45) is 2.11. The topological polar surface area (TPSA) is 67.6 Å². The number of nitrogens with one attached hydrogen (secondary N) is 1. The van der Waals surface area contributed by atoms with Crippen molar-refractivity contribution in [2.24, 2.45) is 5.73 Å². The van der Waals surface area contributed by atoms with Crippen molar-refractivity contribution in [3.8, 4) is 0 Å². The second-order valence-electron chi connectivity index (χ2n) is 4.48. The Bertz CT molecular complexity index is 212. The molecule has 2 atom stereocenters. The monoisotopic (exact) mass is 245 g/mol. The van der Waals surface area contributed by atoms with Crippen molar-refractivity contribution in [1.82, 2.24) is 10.2 Å². The minimum Gasteiger partial charge on any atom is -0.383 e. The van der Waals surface area contributed by atoms with Gasteiger partial charge in [0.05, 0.1) is 12.6 Å². The van der Waals surface area contributed by atoms with Gasteiger partial charge in [0.25, 0.3) is 0 Å². The summed E-state index contributed by atoms with van der Waals surface area (Å²) in [4.78, 5) is 13.7. The van der Waals surface area contributed by atoms with Crippen LogP contribution >= 0.6 is 0 Å². The van der Waals surface area contributed by atoms with Gasteiger partial charge in [-0.05, 0) is 20.4 Å². The van der Waals surface area contributed by atoms with Gasteiger partial charge >= 0.3 is 0 Å². The SMILES string of the molecule is CCCCNC(=O)C(C)N(C)CC(N)COC. The molecule has 0 saturated carbocycles. The highest BCUT2D eigenvalue weighted by Crippen LogP contribution is 1.97. The van der Waals surface area contributed by atoms with E-state index >= 15 is 0 Å². The summed E-state index contributed by atoms with van der Waals surface area (Å²) in [7, 11) is 3.53. The summed E-state index contributed by atoms with van der Waals surface area (Å²) in [5.41, 5.74) is 5.85. The molecule has 102 valence electrons. The standard InChI is InChI=1S/C12H27N3O2/c1-5-6-7-14-12(16)10(2)15(3)8-11(13)9-17-4/h10-11H,5-9,13H2,1-4H3,(H,14,16). The Hall–Kier alpha value is -0.650. The number of ether oxygens (including phenoxy) is 1. The van der Waals surface area contributed by atoms with E-state index in [0.717, 1.165) is 19.4 Å². The van der Waals surface area contributed by atoms with Crippen LogP contribution in [-0.4, -0.2) is 56.7 Å². The van der Waals surface area contributed by atoms with Crippen LogP contribution in [0, 0.1) is 0 Å². The molecular weight excluding hydrogens is 218 g/mol. The number of nitrogens with zero attached hydrogens (tertiary/aromatic N) is 1. The second-order valence-corrected chi connectivity index (χ2v) is 4.48. The largest absolute Gasteiger partial charge is 0.383 e. The number of carbonyl (C=O) groups excluding carboxylic acids is 1. The number of unbranched alkanes of at least 4 members (excludes halogenated alkanes) is 1. The number of hydrogen-bond donors (Lipinski definition) is 2. The Morgan fingerprint density at radius 1 is 1.53 bits per heavy atom. The molecule has 0 rings (SSSR count). The van der Waals surface area contributed by atoms with Crippen LogP contribution in [0.25, 0.3) is 0 Å². The molecule has 0 bridgehead atoms. The maximum atomic E-state index is 11.8. The molecule has 3 N–H and O–H groups in total. The quantitative estimate of drug-likeness (QED) is 0.569. The molecule has 0 aromatic heterocycles. The van der Waals surface area contributed by atoms with E-state index in [-0.39, 0.29) is 18.0 Å². The average Bonchev–Trinajstić information content (AvgIpc) is 2.28. The van der Waals surface area contributed by atoms with Gasteiger partial charge in [0.2, 0.25) is 5.91 Å². The van der Waals surface area contributed by atoms with Crippen LogP contribution in [-0.2, 0) is 9.53 Å². The maximum absolute atomic E-state index is 11.8. The lowest BCUT2D eigenvalue weighted by Crippen LogP contribution is -2.48.